The van der Waals surface area contributed by atoms with Crippen molar-refractivity contribution in [2.75, 3.05) is 29.5 Å². The van der Waals surface area contributed by atoms with Gasteiger partial charge in [-0.2, -0.15) is 0 Å². The average Bonchev–Trinajstić information content (AvgIpc) is 2.57. The number of alkyl halides is 2. The lowest BCUT2D eigenvalue weighted by molar-refractivity contribution is 0.0595. The second-order valence-electron chi connectivity index (χ2n) is 5.29. The number of sulfone groups is 1. The van der Waals surface area contributed by atoms with Crippen LogP contribution in [0.25, 0.3) is 0 Å². The molecule has 0 unspecified atom stereocenters. The van der Waals surface area contributed by atoms with Crippen molar-refractivity contribution < 1.29 is 39.5 Å². The van der Waals surface area contributed by atoms with Crippen LogP contribution in [0.1, 0.15) is 23.2 Å². The highest BCUT2D eigenvalue weighted by Crippen LogP contribution is 2.32. The molecule has 0 heterocycles. The van der Waals surface area contributed by atoms with Crippen molar-refractivity contribution in [3.05, 3.63) is 28.5 Å². The summed E-state index contributed by atoms with van der Waals surface area (Å²) < 4.78 is 89.5. The molecule has 0 aromatic heterocycles. The van der Waals surface area contributed by atoms with Crippen LogP contribution >= 0.6 is 11.6 Å². The number of nitrogens with zero attached hydrogens (tertiary/aromatic N) is 1. The second-order valence-corrected chi connectivity index (χ2v) is 8.93. The third kappa shape index (κ3) is 6.85. The number of benzene rings is 1. The molecule has 1 rings (SSSR count). The number of methoxy groups -OCH3 is 1. The van der Waals surface area contributed by atoms with Crippen LogP contribution < -0.4 is 4.31 Å². The second kappa shape index (κ2) is 10.1. The molecule has 13 heteroatoms. The Morgan fingerprint density at radius 1 is 1.30 bits per heavy atom. The van der Waals surface area contributed by atoms with Gasteiger partial charge in [0, 0.05) is 13.0 Å². The van der Waals surface area contributed by atoms with Gasteiger partial charge in [-0.15, -0.1) is 0 Å². The number of ether oxygens (including phenoxy) is 1. The molecule has 27 heavy (non-hydrogen) atoms. The fourth-order valence-corrected chi connectivity index (χ4v) is 4.47. The SMILES string of the molecule is COC(=O)c1c(F)ccc(N(CCCS(=O)(=O)CCC(F)F)[SH](=O)=O)c1Cl. The molecule has 0 radical (unpaired) electrons. The first kappa shape index (κ1) is 23.5. The fraction of sp³-hybridized carbons (Fsp3) is 0.500. The van der Waals surface area contributed by atoms with Gasteiger partial charge in [0.25, 0.3) is 0 Å². The summed E-state index contributed by atoms with van der Waals surface area (Å²) in [6.45, 7) is -0.363. The van der Waals surface area contributed by atoms with E-state index in [2.05, 4.69) is 4.74 Å². The van der Waals surface area contributed by atoms with Gasteiger partial charge in [0.1, 0.15) is 11.4 Å². The Bertz CT molecular complexity index is 853. The molecular weight excluding hydrogens is 435 g/mol. The first-order valence-electron chi connectivity index (χ1n) is 7.47. The van der Waals surface area contributed by atoms with Crippen molar-refractivity contribution in [1.29, 1.82) is 0 Å². The molecule has 154 valence electrons. The zero-order chi connectivity index (χ0) is 20.8. The van der Waals surface area contributed by atoms with Crippen LogP contribution in [0.2, 0.25) is 5.02 Å². The highest BCUT2D eigenvalue weighted by molar-refractivity contribution is 7.91. The summed E-state index contributed by atoms with van der Waals surface area (Å²) in [5.41, 5.74) is -0.900. The quantitative estimate of drug-likeness (QED) is 0.432. The minimum absolute atomic E-state index is 0.212. The van der Waals surface area contributed by atoms with E-state index < -0.39 is 67.5 Å². The highest BCUT2D eigenvalue weighted by atomic mass is 35.5. The van der Waals surface area contributed by atoms with E-state index in [1.165, 1.54) is 0 Å². The maximum absolute atomic E-state index is 13.8. The molecule has 0 bridgehead atoms. The Labute approximate surface area is 161 Å². The van der Waals surface area contributed by atoms with Gasteiger partial charge in [-0.3, -0.25) is 4.31 Å². The lowest BCUT2D eigenvalue weighted by atomic mass is 10.2. The summed E-state index contributed by atoms with van der Waals surface area (Å²) in [5, 5.41) is -0.512. The van der Waals surface area contributed by atoms with Crippen LogP contribution in [0, 0.1) is 5.82 Å². The zero-order valence-electron chi connectivity index (χ0n) is 14.0. The molecular formula is C14H17ClF3NO6S2. The van der Waals surface area contributed by atoms with E-state index in [4.69, 9.17) is 11.6 Å². The Balaban J connectivity index is 3.00. The van der Waals surface area contributed by atoms with Crippen molar-refractivity contribution in [1.82, 2.24) is 0 Å². The van der Waals surface area contributed by atoms with Gasteiger partial charge in [0.2, 0.25) is 17.3 Å². The number of carbonyl (C=O) groups excluding carboxylic acids is 1. The molecule has 0 N–H and O–H groups in total. The number of esters is 1. The van der Waals surface area contributed by atoms with Gasteiger partial charge in [0.15, 0.2) is 9.84 Å². The van der Waals surface area contributed by atoms with E-state index >= 15 is 0 Å². The number of halogens is 4. The van der Waals surface area contributed by atoms with Crippen LogP contribution in [0.4, 0.5) is 18.9 Å². The fourth-order valence-electron chi connectivity index (χ4n) is 2.13. The van der Waals surface area contributed by atoms with Crippen LogP contribution in [-0.2, 0) is 25.5 Å². The molecule has 0 fully saturated rings. The van der Waals surface area contributed by atoms with Gasteiger partial charge in [-0.1, -0.05) is 11.6 Å². The van der Waals surface area contributed by atoms with E-state index in [0.717, 1.165) is 19.2 Å². The summed E-state index contributed by atoms with van der Waals surface area (Å²) in [6, 6.07) is 1.83. The smallest absolute Gasteiger partial charge is 0.342 e. The monoisotopic (exact) mass is 451 g/mol. The van der Waals surface area contributed by atoms with E-state index in [1.807, 2.05) is 0 Å². The number of hydrogen-bond donors (Lipinski definition) is 1. The molecule has 0 spiro atoms. The van der Waals surface area contributed by atoms with Gasteiger partial charge >= 0.3 is 5.97 Å². The van der Waals surface area contributed by atoms with Crippen LogP contribution in [0.3, 0.4) is 0 Å². The Hall–Kier alpha value is -1.53. The Morgan fingerprint density at radius 3 is 2.44 bits per heavy atom. The number of rotatable bonds is 10. The van der Waals surface area contributed by atoms with Crippen LogP contribution in [-0.4, -0.2) is 54.4 Å². The van der Waals surface area contributed by atoms with Gasteiger partial charge in [-0.05, 0) is 18.6 Å². The molecule has 1 aromatic rings. The maximum atomic E-state index is 13.8. The number of thiol groups is 1. The van der Waals surface area contributed by atoms with E-state index in [1.54, 1.807) is 0 Å². The van der Waals surface area contributed by atoms with E-state index in [9.17, 15) is 34.8 Å². The topological polar surface area (TPSA) is 97.8 Å². The molecule has 0 saturated heterocycles. The first-order chi connectivity index (χ1) is 12.5. The predicted octanol–water partition coefficient (Wildman–Crippen LogP) is 2.06. The number of anilines is 1. The molecule has 7 nitrogen and oxygen atoms in total. The number of carbonyl (C=O) groups is 1. The van der Waals surface area contributed by atoms with Crippen molar-refractivity contribution >= 4 is 44.0 Å². The summed E-state index contributed by atoms with van der Waals surface area (Å²) in [7, 11) is -6.11. The molecule has 0 aliphatic heterocycles. The largest absolute Gasteiger partial charge is 0.465 e. The molecule has 0 atom stereocenters. The normalized spacial score (nSPS) is 11.8. The van der Waals surface area contributed by atoms with Crippen LogP contribution in [0.15, 0.2) is 12.1 Å². The van der Waals surface area contributed by atoms with Crippen molar-refractivity contribution in [2.45, 2.75) is 19.3 Å². The summed E-state index contributed by atoms with van der Waals surface area (Å²) in [4.78, 5) is 11.6. The van der Waals surface area contributed by atoms with Gasteiger partial charge < -0.3 is 4.74 Å². The highest BCUT2D eigenvalue weighted by Gasteiger charge is 2.24. The Morgan fingerprint density at radius 2 is 1.93 bits per heavy atom. The third-order valence-corrected chi connectivity index (χ3v) is 6.37. The van der Waals surface area contributed by atoms with Crippen molar-refractivity contribution in [3.8, 4) is 0 Å². The van der Waals surface area contributed by atoms with Crippen LogP contribution in [0.5, 0.6) is 0 Å². The van der Waals surface area contributed by atoms with E-state index in [0.29, 0.717) is 4.31 Å². The number of hydrogen-bond acceptors (Lipinski definition) is 6. The molecule has 0 aliphatic rings. The molecule has 1 aromatic carbocycles. The minimum Gasteiger partial charge on any atom is -0.465 e. The van der Waals surface area contributed by atoms with E-state index in [-0.39, 0.29) is 18.7 Å². The first-order valence-corrected chi connectivity index (χ1v) is 10.8. The molecule has 0 aliphatic carbocycles. The lowest BCUT2D eigenvalue weighted by Gasteiger charge is -2.20. The van der Waals surface area contributed by atoms with Crippen molar-refractivity contribution in [2.24, 2.45) is 0 Å². The van der Waals surface area contributed by atoms with Crippen molar-refractivity contribution in [3.63, 3.8) is 0 Å². The zero-order valence-corrected chi connectivity index (χ0v) is 16.5. The average molecular weight is 452 g/mol. The maximum Gasteiger partial charge on any atom is 0.342 e. The summed E-state index contributed by atoms with van der Waals surface area (Å²) in [6.07, 6.45) is -3.79. The Kier molecular flexibility index (Phi) is 8.82. The van der Waals surface area contributed by atoms with Gasteiger partial charge in [-0.25, -0.2) is 34.8 Å². The van der Waals surface area contributed by atoms with Gasteiger partial charge in [0.05, 0.1) is 29.3 Å². The predicted molar refractivity (Wildman–Crippen MR) is 94.3 cm³/mol. The third-order valence-electron chi connectivity index (χ3n) is 3.41. The summed E-state index contributed by atoms with van der Waals surface area (Å²) in [5.74, 6) is -3.39. The minimum atomic E-state index is -3.79. The summed E-state index contributed by atoms with van der Waals surface area (Å²) >= 11 is 5.93. The molecule has 0 saturated carbocycles. The lowest BCUT2D eigenvalue weighted by Crippen LogP contribution is -2.26. The standard InChI is InChI=1S/C14H17ClF3NO6S2/c1-25-14(20)12-9(16)3-4-10(13(12)15)19(26(21)22)6-2-7-27(23,24)8-5-11(17)18/h3-4,11,26H,2,5-8H2,1H3. The molecule has 0 amide bonds.